The van der Waals surface area contributed by atoms with Crippen molar-refractivity contribution in [1.29, 1.82) is 0 Å². The molecule has 0 spiro atoms. The van der Waals surface area contributed by atoms with Gasteiger partial charge in [-0.1, -0.05) is 20.8 Å². The second-order valence-corrected chi connectivity index (χ2v) is 5.22. The third-order valence-electron chi connectivity index (χ3n) is 3.33. The molecule has 0 aromatic carbocycles. The van der Waals surface area contributed by atoms with Gasteiger partial charge in [0.2, 0.25) is 0 Å². The van der Waals surface area contributed by atoms with Gasteiger partial charge < -0.3 is 5.32 Å². The Morgan fingerprint density at radius 3 is 2.44 bits per heavy atom. The van der Waals surface area contributed by atoms with E-state index in [-0.39, 0.29) is 0 Å². The summed E-state index contributed by atoms with van der Waals surface area (Å²) >= 11 is 0. The number of anilines is 1. The molecule has 4 nitrogen and oxygen atoms in total. The van der Waals surface area contributed by atoms with Crippen LogP contribution in [0.3, 0.4) is 0 Å². The first-order valence-electron chi connectivity index (χ1n) is 6.79. The van der Waals surface area contributed by atoms with Gasteiger partial charge in [0, 0.05) is 19.1 Å². The van der Waals surface area contributed by atoms with Gasteiger partial charge in [-0.2, -0.15) is 0 Å². The Kier molecular flexibility index (Phi) is 6.05. The quantitative estimate of drug-likeness (QED) is 0.808. The Bertz CT molecular complexity index is 334. The van der Waals surface area contributed by atoms with E-state index in [1.54, 1.807) is 0 Å². The van der Waals surface area contributed by atoms with Crippen LogP contribution in [0, 0.1) is 5.92 Å². The highest BCUT2D eigenvalue weighted by molar-refractivity contribution is 5.30. The molecule has 1 aromatic heterocycles. The molecule has 0 aliphatic carbocycles. The summed E-state index contributed by atoms with van der Waals surface area (Å²) in [6.45, 7) is 10.7. The van der Waals surface area contributed by atoms with E-state index in [9.17, 15) is 0 Å². The van der Waals surface area contributed by atoms with E-state index in [0.29, 0.717) is 12.0 Å². The fourth-order valence-corrected chi connectivity index (χ4v) is 1.69. The van der Waals surface area contributed by atoms with Gasteiger partial charge in [-0.25, -0.2) is 4.98 Å². The van der Waals surface area contributed by atoms with Crippen LogP contribution in [-0.2, 0) is 6.54 Å². The van der Waals surface area contributed by atoms with E-state index < -0.39 is 0 Å². The second kappa shape index (κ2) is 7.31. The number of aromatic nitrogens is 2. The van der Waals surface area contributed by atoms with Crippen molar-refractivity contribution in [2.75, 3.05) is 18.9 Å². The van der Waals surface area contributed by atoms with E-state index in [2.05, 4.69) is 54.9 Å². The summed E-state index contributed by atoms with van der Waals surface area (Å²) in [7, 11) is 2.13. The van der Waals surface area contributed by atoms with Gasteiger partial charge in [0.1, 0.15) is 5.82 Å². The highest BCUT2D eigenvalue weighted by Gasteiger charge is 2.13. The fraction of sp³-hybridized carbons (Fsp3) is 0.714. The minimum atomic E-state index is 0.546. The first-order valence-corrected chi connectivity index (χ1v) is 6.79. The molecule has 1 heterocycles. The molecular formula is C14H26N4. The first kappa shape index (κ1) is 14.9. The molecule has 1 aromatic rings. The standard InChI is InChI=1S/C14H26N4/c1-6-7-15-14-9-16-13(8-17-14)10-18(5)12(4)11(2)3/h8-9,11-12H,6-7,10H2,1-5H3,(H,15,17). The normalized spacial score (nSPS) is 13.1. The number of hydrogen-bond donors (Lipinski definition) is 1. The molecule has 1 unspecified atom stereocenters. The van der Waals surface area contributed by atoms with Crippen LogP contribution >= 0.6 is 0 Å². The molecule has 4 heteroatoms. The Balaban J connectivity index is 2.52. The molecule has 0 saturated carbocycles. The average Bonchev–Trinajstić information content (AvgIpc) is 2.36. The third kappa shape index (κ3) is 4.61. The van der Waals surface area contributed by atoms with Gasteiger partial charge in [0.05, 0.1) is 18.1 Å². The van der Waals surface area contributed by atoms with Gasteiger partial charge >= 0.3 is 0 Å². The lowest BCUT2D eigenvalue weighted by atomic mass is 10.1. The monoisotopic (exact) mass is 250 g/mol. The van der Waals surface area contributed by atoms with Crippen molar-refractivity contribution >= 4 is 5.82 Å². The van der Waals surface area contributed by atoms with Crippen LogP contribution in [-0.4, -0.2) is 34.5 Å². The maximum absolute atomic E-state index is 4.45. The zero-order chi connectivity index (χ0) is 13.5. The van der Waals surface area contributed by atoms with Crippen molar-refractivity contribution in [3.05, 3.63) is 18.1 Å². The van der Waals surface area contributed by atoms with Crippen LogP contribution < -0.4 is 5.32 Å². The van der Waals surface area contributed by atoms with Crippen molar-refractivity contribution in [2.45, 2.75) is 46.7 Å². The van der Waals surface area contributed by atoms with Gasteiger partial charge in [-0.3, -0.25) is 9.88 Å². The zero-order valence-electron chi connectivity index (χ0n) is 12.3. The molecule has 1 rings (SSSR count). The van der Waals surface area contributed by atoms with Crippen LogP contribution in [0.5, 0.6) is 0 Å². The minimum absolute atomic E-state index is 0.546. The van der Waals surface area contributed by atoms with Crippen LogP contribution in [0.25, 0.3) is 0 Å². The molecule has 18 heavy (non-hydrogen) atoms. The lowest BCUT2D eigenvalue weighted by Crippen LogP contribution is -2.33. The van der Waals surface area contributed by atoms with Crippen molar-refractivity contribution in [3.63, 3.8) is 0 Å². The van der Waals surface area contributed by atoms with Gasteiger partial charge in [-0.05, 0) is 26.3 Å². The van der Waals surface area contributed by atoms with Crippen molar-refractivity contribution < 1.29 is 0 Å². The van der Waals surface area contributed by atoms with E-state index in [0.717, 1.165) is 31.0 Å². The molecule has 0 aliphatic rings. The maximum atomic E-state index is 4.45. The fourth-order valence-electron chi connectivity index (χ4n) is 1.69. The average molecular weight is 250 g/mol. The second-order valence-electron chi connectivity index (χ2n) is 5.22. The number of nitrogens with zero attached hydrogens (tertiary/aromatic N) is 3. The van der Waals surface area contributed by atoms with Crippen LogP contribution in [0.2, 0.25) is 0 Å². The van der Waals surface area contributed by atoms with Gasteiger partial charge in [0.15, 0.2) is 0 Å². The van der Waals surface area contributed by atoms with E-state index >= 15 is 0 Å². The zero-order valence-corrected chi connectivity index (χ0v) is 12.3. The molecule has 0 amide bonds. The van der Waals surface area contributed by atoms with Gasteiger partial charge in [-0.15, -0.1) is 0 Å². The molecule has 102 valence electrons. The molecule has 1 N–H and O–H groups in total. The molecule has 0 radical (unpaired) electrons. The van der Waals surface area contributed by atoms with Crippen molar-refractivity contribution in [2.24, 2.45) is 5.92 Å². The minimum Gasteiger partial charge on any atom is -0.369 e. The highest BCUT2D eigenvalue weighted by Crippen LogP contribution is 2.11. The van der Waals surface area contributed by atoms with Crippen LogP contribution in [0.15, 0.2) is 12.4 Å². The summed E-state index contributed by atoms with van der Waals surface area (Å²) in [5, 5.41) is 3.23. The first-order chi connectivity index (χ1) is 8.54. The summed E-state index contributed by atoms with van der Waals surface area (Å²) in [5.74, 6) is 1.51. The summed E-state index contributed by atoms with van der Waals surface area (Å²) in [6, 6.07) is 0.546. The summed E-state index contributed by atoms with van der Waals surface area (Å²) in [6.07, 6.45) is 4.78. The molecule has 0 fully saturated rings. The van der Waals surface area contributed by atoms with Crippen LogP contribution in [0.4, 0.5) is 5.82 Å². The Hall–Kier alpha value is -1.16. The SMILES string of the molecule is CCCNc1cnc(CN(C)C(C)C(C)C)cn1. The highest BCUT2D eigenvalue weighted by atomic mass is 15.1. The molecular weight excluding hydrogens is 224 g/mol. The summed E-state index contributed by atoms with van der Waals surface area (Å²) in [4.78, 5) is 11.1. The van der Waals surface area contributed by atoms with Crippen molar-refractivity contribution in [1.82, 2.24) is 14.9 Å². The predicted molar refractivity (Wildman–Crippen MR) is 76.6 cm³/mol. The smallest absolute Gasteiger partial charge is 0.144 e. The van der Waals surface area contributed by atoms with Crippen molar-refractivity contribution in [3.8, 4) is 0 Å². The predicted octanol–water partition coefficient (Wildman–Crippen LogP) is 2.77. The van der Waals surface area contributed by atoms with E-state index in [1.807, 2.05) is 12.4 Å². The maximum Gasteiger partial charge on any atom is 0.144 e. The summed E-state index contributed by atoms with van der Waals surface area (Å²) < 4.78 is 0. The Morgan fingerprint density at radius 2 is 1.94 bits per heavy atom. The van der Waals surface area contributed by atoms with E-state index in [4.69, 9.17) is 0 Å². The molecule has 0 saturated heterocycles. The summed E-state index contributed by atoms with van der Waals surface area (Å²) in [5.41, 5.74) is 1.02. The lowest BCUT2D eigenvalue weighted by molar-refractivity contribution is 0.198. The largest absolute Gasteiger partial charge is 0.369 e. The van der Waals surface area contributed by atoms with Crippen LogP contribution in [0.1, 0.15) is 39.8 Å². The van der Waals surface area contributed by atoms with E-state index in [1.165, 1.54) is 0 Å². The Labute approximate surface area is 111 Å². The molecule has 0 aliphatic heterocycles. The topological polar surface area (TPSA) is 41.1 Å². The number of rotatable bonds is 7. The van der Waals surface area contributed by atoms with Gasteiger partial charge in [0.25, 0.3) is 0 Å². The lowest BCUT2D eigenvalue weighted by Gasteiger charge is -2.27. The Morgan fingerprint density at radius 1 is 1.22 bits per heavy atom. The number of hydrogen-bond acceptors (Lipinski definition) is 4. The third-order valence-corrected chi connectivity index (χ3v) is 3.33. The molecule has 0 bridgehead atoms. The number of nitrogens with one attached hydrogen (secondary N) is 1. The molecule has 1 atom stereocenters.